The Labute approximate surface area is 125 Å². The molecule has 0 aliphatic heterocycles. The molecule has 0 radical (unpaired) electrons. The van der Waals surface area contributed by atoms with Gasteiger partial charge in [-0.3, -0.25) is 4.79 Å². The minimum absolute atomic E-state index is 0.0938. The average Bonchev–Trinajstić information content (AvgIpc) is 2.93. The van der Waals surface area contributed by atoms with Gasteiger partial charge in [0.2, 0.25) is 0 Å². The van der Waals surface area contributed by atoms with Crippen molar-refractivity contribution >= 4 is 5.78 Å². The Morgan fingerprint density at radius 3 is 2.81 bits per heavy atom. The van der Waals surface area contributed by atoms with Crippen molar-refractivity contribution < 1.29 is 4.79 Å². The zero-order valence-corrected chi connectivity index (χ0v) is 12.4. The molecule has 0 bridgehead atoms. The fourth-order valence-electron chi connectivity index (χ4n) is 2.27. The number of nitrogens with zero attached hydrogens (tertiary/aromatic N) is 3. The highest BCUT2D eigenvalue weighted by Gasteiger charge is 2.12. The van der Waals surface area contributed by atoms with Gasteiger partial charge < -0.3 is 5.73 Å². The number of aromatic nitrogens is 3. The Balaban J connectivity index is 1.83. The number of nitrogens with two attached hydrogens (primary N) is 1. The quantitative estimate of drug-likeness (QED) is 0.808. The number of carbonyl (C=O) groups excluding carboxylic acids is 1. The molecule has 21 heavy (non-hydrogen) atoms. The van der Waals surface area contributed by atoms with Crippen molar-refractivity contribution in [1.82, 2.24) is 14.8 Å². The average molecular weight is 286 g/mol. The van der Waals surface area contributed by atoms with Crippen molar-refractivity contribution in [2.45, 2.75) is 45.2 Å². The number of carbonyl (C=O) groups is 1. The van der Waals surface area contributed by atoms with E-state index in [-0.39, 0.29) is 11.8 Å². The van der Waals surface area contributed by atoms with Crippen molar-refractivity contribution in [2.24, 2.45) is 5.73 Å². The molecule has 112 valence electrons. The molecule has 0 saturated heterocycles. The number of rotatable bonds is 8. The van der Waals surface area contributed by atoms with Crippen molar-refractivity contribution in [3.8, 4) is 0 Å². The van der Waals surface area contributed by atoms with Gasteiger partial charge >= 0.3 is 0 Å². The molecule has 5 heteroatoms. The van der Waals surface area contributed by atoms with E-state index in [1.54, 1.807) is 4.68 Å². The SMILES string of the molecule is CCCn1ncnc1CC(=O)CCC(N)c1ccccc1. The molecule has 0 spiro atoms. The van der Waals surface area contributed by atoms with Crippen LogP contribution in [0.15, 0.2) is 36.7 Å². The van der Waals surface area contributed by atoms with Gasteiger partial charge in [-0.2, -0.15) is 5.10 Å². The van der Waals surface area contributed by atoms with E-state index in [4.69, 9.17) is 5.73 Å². The lowest BCUT2D eigenvalue weighted by atomic mass is 10.0. The van der Waals surface area contributed by atoms with Gasteiger partial charge in [0.15, 0.2) is 0 Å². The summed E-state index contributed by atoms with van der Waals surface area (Å²) >= 11 is 0. The normalized spacial score (nSPS) is 12.3. The molecule has 1 heterocycles. The molecule has 0 amide bonds. The lowest BCUT2D eigenvalue weighted by Crippen LogP contribution is -2.15. The first kappa shape index (κ1) is 15.4. The van der Waals surface area contributed by atoms with E-state index in [2.05, 4.69) is 17.0 Å². The van der Waals surface area contributed by atoms with E-state index in [0.717, 1.165) is 24.4 Å². The molecule has 1 aromatic carbocycles. The summed E-state index contributed by atoms with van der Waals surface area (Å²) in [5.41, 5.74) is 7.18. The van der Waals surface area contributed by atoms with Crippen LogP contribution in [0.3, 0.4) is 0 Å². The standard InChI is InChI=1S/C16H22N4O/c1-2-10-20-16(18-12-19-20)11-14(21)8-9-15(17)13-6-4-3-5-7-13/h3-7,12,15H,2,8-11,17H2,1H3. The van der Waals surface area contributed by atoms with Gasteiger partial charge in [0.1, 0.15) is 17.9 Å². The summed E-state index contributed by atoms with van der Waals surface area (Å²) in [5, 5.41) is 4.13. The van der Waals surface area contributed by atoms with Crippen molar-refractivity contribution in [3.05, 3.63) is 48.0 Å². The summed E-state index contributed by atoms with van der Waals surface area (Å²) in [4.78, 5) is 16.2. The van der Waals surface area contributed by atoms with Gasteiger partial charge in [-0.15, -0.1) is 0 Å². The monoisotopic (exact) mass is 286 g/mol. The van der Waals surface area contributed by atoms with E-state index >= 15 is 0 Å². The minimum Gasteiger partial charge on any atom is -0.324 e. The van der Waals surface area contributed by atoms with Crippen LogP contribution in [0.25, 0.3) is 0 Å². The summed E-state index contributed by atoms with van der Waals surface area (Å²) in [6, 6.07) is 9.78. The Morgan fingerprint density at radius 2 is 2.10 bits per heavy atom. The van der Waals surface area contributed by atoms with Gasteiger partial charge in [0.05, 0.1) is 6.42 Å². The molecule has 2 N–H and O–H groups in total. The molecule has 1 aromatic heterocycles. The number of hydrogen-bond donors (Lipinski definition) is 1. The number of ketones is 1. The molecule has 1 atom stereocenters. The first-order valence-corrected chi connectivity index (χ1v) is 7.39. The Hall–Kier alpha value is -2.01. The van der Waals surface area contributed by atoms with Crippen LogP contribution in [-0.4, -0.2) is 20.5 Å². The molecule has 2 rings (SSSR count). The highest BCUT2D eigenvalue weighted by Crippen LogP contribution is 2.15. The predicted molar refractivity (Wildman–Crippen MR) is 81.6 cm³/mol. The fourth-order valence-corrected chi connectivity index (χ4v) is 2.27. The van der Waals surface area contributed by atoms with Crippen LogP contribution in [0.4, 0.5) is 0 Å². The maximum atomic E-state index is 12.1. The Bertz CT molecular complexity index is 565. The van der Waals surface area contributed by atoms with Crippen LogP contribution < -0.4 is 5.73 Å². The Kier molecular flexibility index (Phi) is 5.63. The third kappa shape index (κ3) is 4.49. The zero-order valence-electron chi connectivity index (χ0n) is 12.4. The highest BCUT2D eigenvalue weighted by molar-refractivity contribution is 5.80. The van der Waals surface area contributed by atoms with E-state index in [9.17, 15) is 4.79 Å². The van der Waals surface area contributed by atoms with Gasteiger partial charge in [0.25, 0.3) is 0 Å². The molecule has 5 nitrogen and oxygen atoms in total. The fraction of sp³-hybridized carbons (Fsp3) is 0.438. The maximum absolute atomic E-state index is 12.1. The lowest BCUT2D eigenvalue weighted by Gasteiger charge is -2.11. The lowest BCUT2D eigenvalue weighted by molar-refractivity contribution is -0.118. The van der Waals surface area contributed by atoms with Crippen molar-refractivity contribution in [2.75, 3.05) is 0 Å². The highest BCUT2D eigenvalue weighted by atomic mass is 16.1. The van der Waals surface area contributed by atoms with E-state index in [1.165, 1.54) is 6.33 Å². The molecule has 0 aliphatic rings. The smallest absolute Gasteiger partial charge is 0.140 e. The summed E-state index contributed by atoms with van der Waals surface area (Å²) < 4.78 is 1.80. The van der Waals surface area contributed by atoms with E-state index in [0.29, 0.717) is 19.3 Å². The molecule has 1 unspecified atom stereocenters. The molecular weight excluding hydrogens is 264 g/mol. The van der Waals surface area contributed by atoms with Gasteiger partial charge in [-0.1, -0.05) is 37.3 Å². The van der Waals surface area contributed by atoms with Gasteiger partial charge in [-0.05, 0) is 18.4 Å². The maximum Gasteiger partial charge on any atom is 0.140 e. The first-order chi connectivity index (χ1) is 10.2. The van der Waals surface area contributed by atoms with Gasteiger partial charge in [-0.25, -0.2) is 9.67 Å². The third-order valence-corrected chi connectivity index (χ3v) is 3.45. The second kappa shape index (κ2) is 7.69. The summed E-state index contributed by atoms with van der Waals surface area (Å²) in [6.07, 6.45) is 3.94. The minimum atomic E-state index is -0.0938. The summed E-state index contributed by atoms with van der Waals surface area (Å²) in [7, 11) is 0. The summed E-state index contributed by atoms with van der Waals surface area (Å²) in [6.45, 7) is 2.87. The predicted octanol–water partition coefficient (Wildman–Crippen LogP) is 2.28. The van der Waals surface area contributed by atoms with Crippen LogP contribution >= 0.6 is 0 Å². The third-order valence-electron chi connectivity index (χ3n) is 3.45. The van der Waals surface area contributed by atoms with Gasteiger partial charge in [0, 0.05) is 19.0 Å². The topological polar surface area (TPSA) is 73.8 Å². The zero-order chi connectivity index (χ0) is 15.1. The number of aryl methyl sites for hydroxylation is 1. The summed E-state index contributed by atoms with van der Waals surface area (Å²) in [5.74, 6) is 0.905. The second-order valence-corrected chi connectivity index (χ2v) is 5.17. The molecule has 2 aromatic rings. The Morgan fingerprint density at radius 1 is 1.33 bits per heavy atom. The van der Waals surface area contributed by atoms with Crippen LogP contribution in [0.1, 0.15) is 43.6 Å². The first-order valence-electron chi connectivity index (χ1n) is 7.39. The van der Waals surface area contributed by atoms with Crippen LogP contribution in [-0.2, 0) is 17.8 Å². The number of benzene rings is 1. The van der Waals surface area contributed by atoms with Crippen molar-refractivity contribution in [3.63, 3.8) is 0 Å². The largest absolute Gasteiger partial charge is 0.324 e. The molecule has 0 fully saturated rings. The van der Waals surface area contributed by atoms with E-state index in [1.807, 2.05) is 30.3 Å². The van der Waals surface area contributed by atoms with Crippen molar-refractivity contribution in [1.29, 1.82) is 0 Å². The van der Waals surface area contributed by atoms with Crippen LogP contribution in [0.5, 0.6) is 0 Å². The van der Waals surface area contributed by atoms with E-state index < -0.39 is 0 Å². The molecular formula is C16H22N4O. The molecule has 0 aliphatic carbocycles. The second-order valence-electron chi connectivity index (χ2n) is 5.17. The number of Topliss-reactive ketones (excluding diaryl/α,β-unsaturated/α-hetero) is 1. The number of hydrogen-bond acceptors (Lipinski definition) is 4. The molecule has 0 saturated carbocycles. The van der Waals surface area contributed by atoms with Crippen LogP contribution in [0, 0.1) is 0 Å². The van der Waals surface area contributed by atoms with Crippen LogP contribution in [0.2, 0.25) is 0 Å².